The summed E-state index contributed by atoms with van der Waals surface area (Å²) in [4.78, 5) is 0. The van der Waals surface area contributed by atoms with E-state index in [1.165, 1.54) is 70.8 Å². The maximum absolute atomic E-state index is 5.94. The van der Waals surface area contributed by atoms with E-state index < -0.39 is 0 Å². The minimum atomic E-state index is 0.248. The molecule has 0 saturated carbocycles. The summed E-state index contributed by atoms with van der Waals surface area (Å²) in [5.74, 6) is 0. The molecule has 150 valence electrons. The SMILES string of the molecule is CCCCCCCCCOCOC(CC)CCCC(C)N1CC[SiH2][SiH2]1. The zero-order chi connectivity index (χ0) is 18.2. The van der Waals surface area contributed by atoms with Gasteiger partial charge in [0.1, 0.15) is 6.79 Å². The van der Waals surface area contributed by atoms with Crippen molar-refractivity contribution in [3.63, 3.8) is 0 Å². The molecule has 0 aromatic carbocycles. The normalized spacial score (nSPS) is 19.8. The molecule has 2 unspecified atom stereocenters. The van der Waals surface area contributed by atoms with Gasteiger partial charge < -0.3 is 14.0 Å². The minimum Gasteiger partial charge on any atom is -0.355 e. The van der Waals surface area contributed by atoms with Crippen LogP contribution in [-0.4, -0.2) is 54.9 Å². The second-order valence-electron chi connectivity index (χ2n) is 7.87. The zero-order valence-corrected chi connectivity index (χ0v) is 20.3. The molecule has 1 aliphatic rings. The Hall–Kier alpha value is 0.314. The third-order valence-corrected chi connectivity index (χ3v) is 12.5. The van der Waals surface area contributed by atoms with Gasteiger partial charge >= 0.3 is 0 Å². The van der Waals surface area contributed by atoms with Gasteiger partial charge in [-0.15, -0.1) is 0 Å². The lowest BCUT2D eigenvalue weighted by Crippen LogP contribution is -2.33. The first-order valence-corrected chi connectivity index (χ1v) is 16.8. The quantitative estimate of drug-likeness (QED) is 0.214. The highest BCUT2D eigenvalue weighted by molar-refractivity contribution is 7.00. The Balaban J connectivity index is 1.90. The van der Waals surface area contributed by atoms with Crippen molar-refractivity contribution in [3.8, 4) is 0 Å². The standard InChI is InChI=1S/C20H45NO2Si2/c1-4-6-7-8-9-10-11-16-22-18-23-20(5-2)14-12-13-19(3)21-15-17-24-25-21/h19-20H,4-18,24-25H2,1-3H3. The van der Waals surface area contributed by atoms with Crippen LogP contribution in [0.3, 0.4) is 0 Å². The van der Waals surface area contributed by atoms with E-state index in [-0.39, 0.29) is 9.20 Å². The van der Waals surface area contributed by atoms with Gasteiger partial charge in [0.15, 0.2) is 0 Å². The van der Waals surface area contributed by atoms with Crippen LogP contribution in [0.15, 0.2) is 0 Å². The Morgan fingerprint density at radius 1 is 0.960 bits per heavy atom. The van der Waals surface area contributed by atoms with Gasteiger partial charge in [0.25, 0.3) is 0 Å². The summed E-state index contributed by atoms with van der Waals surface area (Å²) in [5, 5.41) is 0. The van der Waals surface area contributed by atoms with Crippen LogP contribution in [-0.2, 0) is 9.47 Å². The largest absolute Gasteiger partial charge is 0.355 e. The van der Waals surface area contributed by atoms with E-state index in [4.69, 9.17) is 9.47 Å². The van der Waals surface area contributed by atoms with Gasteiger partial charge in [-0.3, -0.25) is 0 Å². The second-order valence-corrected chi connectivity index (χ2v) is 14.0. The van der Waals surface area contributed by atoms with Crippen molar-refractivity contribution in [3.05, 3.63) is 0 Å². The lowest BCUT2D eigenvalue weighted by Gasteiger charge is -2.25. The fourth-order valence-electron chi connectivity index (χ4n) is 3.78. The van der Waals surface area contributed by atoms with E-state index in [0.717, 1.165) is 19.1 Å². The Kier molecular flexibility index (Phi) is 15.4. The highest BCUT2D eigenvalue weighted by atomic mass is 29.1. The summed E-state index contributed by atoms with van der Waals surface area (Å²) >= 11 is 0. The molecule has 0 N–H and O–H groups in total. The van der Waals surface area contributed by atoms with Crippen LogP contribution in [0.4, 0.5) is 0 Å². The van der Waals surface area contributed by atoms with Gasteiger partial charge in [0.05, 0.1) is 15.3 Å². The van der Waals surface area contributed by atoms with Gasteiger partial charge in [-0.05, 0) is 44.7 Å². The van der Waals surface area contributed by atoms with Crippen LogP contribution in [0.1, 0.15) is 91.4 Å². The van der Waals surface area contributed by atoms with Gasteiger partial charge in [-0.1, -0.05) is 65.3 Å². The monoisotopic (exact) mass is 387 g/mol. The van der Waals surface area contributed by atoms with E-state index in [9.17, 15) is 0 Å². The highest BCUT2D eigenvalue weighted by Gasteiger charge is 2.18. The van der Waals surface area contributed by atoms with Crippen LogP contribution in [0.2, 0.25) is 6.04 Å². The van der Waals surface area contributed by atoms with Crippen LogP contribution >= 0.6 is 0 Å². The number of hydrogen-bond acceptors (Lipinski definition) is 3. The molecule has 25 heavy (non-hydrogen) atoms. The lowest BCUT2D eigenvalue weighted by molar-refractivity contribution is -0.0935. The average molecular weight is 388 g/mol. The van der Waals surface area contributed by atoms with E-state index in [1.54, 1.807) is 6.04 Å². The maximum Gasteiger partial charge on any atom is 0.147 e. The first kappa shape index (κ1) is 23.4. The molecule has 0 aliphatic carbocycles. The Morgan fingerprint density at radius 2 is 1.72 bits per heavy atom. The molecule has 0 amide bonds. The fourth-order valence-corrected chi connectivity index (χ4v) is 11.1. The van der Waals surface area contributed by atoms with E-state index in [2.05, 4.69) is 25.3 Å². The number of hydrogen-bond donors (Lipinski definition) is 0. The zero-order valence-electron chi connectivity index (χ0n) is 17.4. The molecule has 0 bridgehead atoms. The van der Waals surface area contributed by atoms with E-state index in [0.29, 0.717) is 21.9 Å². The Bertz CT molecular complexity index is 289. The molecule has 2 atom stereocenters. The molecule has 1 heterocycles. The first-order chi connectivity index (χ1) is 12.3. The lowest BCUT2D eigenvalue weighted by atomic mass is 10.1. The third-order valence-electron chi connectivity index (χ3n) is 5.65. The maximum atomic E-state index is 5.94. The smallest absolute Gasteiger partial charge is 0.147 e. The Labute approximate surface area is 162 Å². The van der Waals surface area contributed by atoms with E-state index >= 15 is 0 Å². The average Bonchev–Trinajstić information content (AvgIpc) is 3.16. The summed E-state index contributed by atoms with van der Waals surface area (Å²) in [5.41, 5.74) is 0. The molecule has 0 aromatic heterocycles. The van der Waals surface area contributed by atoms with Crippen LogP contribution in [0.25, 0.3) is 0 Å². The van der Waals surface area contributed by atoms with Gasteiger partial charge in [0.2, 0.25) is 0 Å². The molecule has 1 fully saturated rings. The number of unbranched alkanes of at least 4 members (excludes halogenated alkanes) is 6. The molecule has 0 radical (unpaired) electrons. The first-order valence-electron chi connectivity index (χ1n) is 11.2. The van der Waals surface area contributed by atoms with Crippen LogP contribution < -0.4 is 0 Å². The second kappa shape index (κ2) is 16.5. The molecule has 0 aromatic rings. The fraction of sp³-hybridized carbons (Fsp3) is 1.00. The predicted octanol–water partition coefficient (Wildman–Crippen LogP) is 3.97. The van der Waals surface area contributed by atoms with Crippen molar-refractivity contribution in [1.82, 2.24) is 4.57 Å². The summed E-state index contributed by atoms with van der Waals surface area (Å²) in [6.07, 6.45) is 14.8. The molecule has 1 saturated heterocycles. The predicted molar refractivity (Wildman–Crippen MR) is 116 cm³/mol. The number of ether oxygens (including phenoxy) is 2. The van der Waals surface area contributed by atoms with Crippen molar-refractivity contribution in [2.24, 2.45) is 0 Å². The summed E-state index contributed by atoms with van der Waals surface area (Å²) < 4.78 is 14.5. The van der Waals surface area contributed by atoms with Crippen molar-refractivity contribution in [1.29, 1.82) is 0 Å². The van der Waals surface area contributed by atoms with Gasteiger partial charge in [-0.25, -0.2) is 0 Å². The van der Waals surface area contributed by atoms with Crippen LogP contribution in [0.5, 0.6) is 0 Å². The number of rotatable bonds is 17. The summed E-state index contributed by atoms with van der Waals surface area (Å²) in [6.45, 7) is 9.75. The molecule has 5 heteroatoms. The molecular weight excluding hydrogens is 342 g/mol. The molecule has 3 nitrogen and oxygen atoms in total. The molecule has 0 spiro atoms. The molecule has 1 rings (SSSR count). The van der Waals surface area contributed by atoms with E-state index in [1.807, 2.05) is 0 Å². The van der Waals surface area contributed by atoms with Gasteiger partial charge in [-0.2, -0.15) is 0 Å². The van der Waals surface area contributed by atoms with Crippen molar-refractivity contribution in [2.45, 2.75) is 110 Å². The van der Waals surface area contributed by atoms with Crippen molar-refractivity contribution >= 4 is 18.2 Å². The third kappa shape index (κ3) is 12.3. The number of nitrogens with zero attached hydrogens (tertiary/aromatic N) is 1. The highest BCUT2D eigenvalue weighted by Crippen LogP contribution is 2.15. The van der Waals surface area contributed by atoms with Gasteiger partial charge in [0, 0.05) is 15.6 Å². The van der Waals surface area contributed by atoms with Crippen LogP contribution in [0, 0.1) is 0 Å². The minimum absolute atomic E-state index is 0.248. The molecule has 1 aliphatic heterocycles. The van der Waals surface area contributed by atoms with Crippen molar-refractivity contribution in [2.75, 3.05) is 19.9 Å². The van der Waals surface area contributed by atoms with Crippen molar-refractivity contribution < 1.29 is 9.47 Å². The summed E-state index contributed by atoms with van der Waals surface area (Å²) in [6, 6.07) is 2.43. The Morgan fingerprint density at radius 3 is 2.40 bits per heavy atom. The molecular formula is C20H45NO2Si2. The topological polar surface area (TPSA) is 21.7 Å². The summed E-state index contributed by atoms with van der Waals surface area (Å²) in [7, 11) is 0.655.